The fourth-order valence-electron chi connectivity index (χ4n) is 1.78. The molecule has 2 N–H and O–H groups in total. The molecular weight excluding hydrogens is 254 g/mol. The third kappa shape index (κ3) is 2.31. The van der Waals surface area contributed by atoms with Gasteiger partial charge in [0.25, 0.3) is 0 Å². The fourth-order valence-corrected chi connectivity index (χ4v) is 1.78. The third-order valence-corrected chi connectivity index (χ3v) is 2.81. The highest BCUT2D eigenvalue weighted by Crippen LogP contribution is 2.17. The van der Waals surface area contributed by atoms with Gasteiger partial charge < -0.3 is 10.5 Å². The highest BCUT2D eigenvalue weighted by atomic mass is 16.5. The van der Waals surface area contributed by atoms with Crippen molar-refractivity contribution in [2.45, 2.75) is 0 Å². The number of ether oxygens (including phenoxy) is 1. The van der Waals surface area contributed by atoms with Crippen molar-refractivity contribution in [1.29, 1.82) is 0 Å². The van der Waals surface area contributed by atoms with Crippen molar-refractivity contribution in [3.05, 3.63) is 48.8 Å². The Balaban J connectivity index is 1.95. The first-order valence-corrected chi connectivity index (χ1v) is 6.05. The Bertz CT molecular complexity index is 720. The average Bonchev–Trinajstić information content (AvgIpc) is 2.98. The van der Waals surface area contributed by atoms with E-state index in [4.69, 9.17) is 10.5 Å². The van der Waals surface area contributed by atoms with E-state index in [1.165, 1.54) is 0 Å². The van der Waals surface area contributed by atoms with Crippen LogP contribution in [0.2, 0.25) is 0 Å². The molecule has 0 saturated carbocycles. The SMILES string of the molecule is COc1cccc(-n2cnc(-c3ccc(N)cc3)n2)n1. The maximum atomic E-state index is 5.66. The molecule has 0 saturated heterocycles. The van der Waals surface area contributed by atoms with Crippen LogP contribution in [-0.4, -0.2) is 26.9 Å². The zero-order chi connectivity index (χ0) is 13.9. The summed E-state index contributed by atoms with van der Waals surface area (Å²) in [6.45, 7) is 0. The van der Waals surface area contributed by atoms with E-state index in [2.05, 4.69) is 15.1 Å². The minimum absolute atomic E-state index is 0.534. The van der Waals surface area contributed by atoms with E-state index in [1.54, 1.807) is 24.2 Å². The first-order valence-electron chi connectivity index (χ1n) is 6.05. The van der Waals surface area contributed by atoms with Gasteiger partial charge in [-0.3, -0.25) is 0 Å². The summed E-state index contributed by atoms with van der Waals surface area (Å²) >= 11 is 0. The summed E-state index contributed by atoms with van der Waals surface area (Å²) in [7, 11) is 1.58. The van der Waals surface area contributed by atoms with Gasteiger partial charge in [-0.2, -0.15) is 4.98 Å². The zero-order valence-corrected chi connectivity index (χ0v) is 10.9. The van der Waals surface area contributed by atoms with Gasteiger partial charge in [-0.15, -0.1) is 5.10 Å². The lowest BCUT2D eigenvalue weighted by molar-refractivity contribution is 0.397. The number of rotatable bonds is 3. The summed E-state index contributed by atoms with van der Waals surface area (Å²) in [4.78, 5) is 8.58. The molecule has 100 valence electrons. The molecule has 0 spiro atoms. The highest BCUT2D eigenvalue weighted by molar-refractivity contribution is 5.58. The first-order chi connectivity index (χ1) is 9.76. The number of pyridine rings is 1. The second kappa shape index (κ2) is 5.00. The summed E-state index contributed by atoms with van der Waals surface area (Å²) in [6, 6.07) is 12.9. The molecule has 0 bridgehead atoms. The Morgan fingerprint density at radius 2 is 1.90 bits per heavy atom. The summed E-state index contributed by atoms with van der Waals surface area (Å²) in [5, 5.41) is 4.40. The van der Waals surface area contributed by atoms with Crippen LogP contribution in [0.4, 0.5) is 5.69 Å². The van der Waals surface area contributed by atoms with Crippen molar-refractivity contribution < 1.29 is 4.74 Å². The number of nitrogens with zero attached hydrogens (tertiary/aromatic N) is 4. The highest BCUT2D eigenvalue weighted by Gasteiger charge is 2.06. The van der Waals surface area contributed by atoms with Gasteiger partial charge in [-0.1, -0.05) is 6.07 Å². The van der Waals surface area contributed by atoms with E-state index >= 15 is 0 Å². The molecule has 2 aromatic heterocycles. The average molecular weight is 267 g/mol. The van der Waals surface area contributed by atoms with Crippen LogP contribution in [-0.2, 0) is 0 Å². The standard InChI is InChI=1S/C14H13N5O/c1-20-13-4-2-3-12(17-13)19-9-16-14(18-19)10-5-7-11(15)8-6-10/h2-9H,15H2,1H3. The van der Waals surface area contributed by atoms with Crippen LogP contribution in [0.25, 0.3) is 17.2 Å². The van der Waals surface area contributed by atoms with E-state index in [9.17, 15) is 0 Å². The fraction of sp³-hybridized carbons (Fsp3) is 0.0714. The summed E-state index contributed by atoms with van der Waals surface area (Å²) < 4.78 is 6.70. The number of aromatic nitrogens is 4. The van der Waals surface area contributed by atoms with Gasteiger partial charge in [0.2, 0.25) is 5.88 Å². The molecule has 2 heterocycles. The van der Waals surface area contributed by atoms with Crippen LogP contribution < -0.4 is 10.5 Å². The normalized spacial score (nSPS) is 10.4. The number of methoxy groups -OCH3 is 1. The Morgan fingerprint density at radius 3 is 2.65 bits per heavy atom. The molecule has 3 rings (SSSR count). The van der Waals surface area contributed by atoms with Gasteiger partial charge in [0.05, 0.1) is 7.11 Å². The van der Waals surface area contributed by atoms with Crippen LogP contribution in [0.3, 0.4) is 0 Å². The van der Waals surface area contributed by atoms with Gasteiger partial charge in [0.15, 0.2) is 11.6 Å². The quantitative estimate of drug-likeness (QED) is 0.733. The lowest BCUT2D eigenvalue weighted by atomic mass is 10.2. The first kappa shape index (κ1) is 12.2. The van der Waals surface area contributed by atoms with Crippen molar-refractivity contribution >= 4 is 5.69 Å². The van der Waals surface area contributed by atoms with Gasteiger partial charge in [-0.25, -0.2) is 9.67 Å². The van der Waals surface area contributed by atoms with Gasteiger partial charge in [0.1, 0.15) is 6.33 Å². The van der Waals surface area contributed by atoms with E-state index in [1.807, 2.05) is 36.4 Å². The number of hydrogen-bond donors (Lipinski definition) is 1. The number of hydrogen-bond acceptors (Lipinski definition) is 5. The molecule has 6 heteroatoms. The van der Waals surface area contributed by atoms with E-state index in [0.717, 1.165) is 5.56 Å². The van der Waals surface area contributed by atoms with Crippen molar-refractivity contribution in [2.24, 2.45) is 0 Å². The molecule has 0 aliphatic rings. The number of benzene rings is 1. The van der Waals surface area contributed by atoms with Gasteiger partial charge in [-0.05, 0) is 30.3 Å². The minimum atomic E-state index is 0.534. The molecule has 3 aromatic rings. The maximum absolute atomic E-state index is 5.66. The van der Waals surface area contributed by atoms with Gasteiger partial charge in [0, 0.05) is 17.3 Å². The predicted molar refractivity (Wildman–Crippen MR) is 75.6 cm³/mol. The Labute approximate surface area is 115 Å². The molecule has 6 nitrogen and oxygen atoms in total. The molecule has 0 aliphatic carbocycles. The van der Waals surface area contributed by atoms with Crippen molar-refractivity contribution in [3.8, 4) is 23.1 Å². The summed E-state index contributed by atoms with van der Waals surface area (Å²) in [5.41, 5.74) is 7.28. The summed E-state index contributed by atoms with van der Waals surface area (Å²) in [5.74, 6) is 1.81. The topological polar surface area (TPSA) is 78.9 Å². The molecule has 0 unspecified atom stereocenters. The largest absolute Gasteiger partial charge is 0.481 e. The molecule has 1 aromatic carbocycles. The number of anilines is 1. The van der Waals surface area contributed by atoms with Crippen molar-refractivity contribution in [2.75, 3.05) is 12.8 Å². The van der Waals surface area contributed by atoms with E-state index in [0.29, 0.717) is 23.2 Å². The van der Waals surface area contributed by atoms with Crippen LogP contribution >= 0.6 is 0 Å². The maximum Gasteiger partial charge on any atom is 0.214 e. The second-order valence-electron chi connectivity index (χ2n) is 4.17. The molecule has 0 aliphatic heterocycles. The van der Waals surface area contributed by atoms with Crippen LogP contribution in [0, 0.1) is 0 Å². The van der Waals surface area contributed by atoms with Gasteiger partial charge >= 0.3 is 0 Å². The molecule has 0 amide bonds. The smallest absolute Gasteiger partial charge is 0.214 e. The Kier molecular flexibility index (Phi) is 3.04. The minimum Gasteiger partial charge on any atom is -0.481 e. The van der Waals surface area contributed by atoms with Crippen LogP contribution in [0.1, 0.15) is 0 Å². The number of nitrogens with two attached hydrogens (primary N) is 1. The molecule has 0 fully saturated rings. The van der Waals surface area contributed by atoms with E-state index < -0.39 is 0 Å². The molecule has 0 atom stereocenters. The third-order valence-electron chi connectivity index (χ3n) is 2.81. The number of nitrogen functional groups attached to an aromatic ring is 1. The molecule has 20 heavy (non-hydrogen) atoms. The van der Waals surface area contributed by atoms with Crippen molar-refractivity contribution in [1.82, 2.24) is 19.7 Å². The van der Waals surface area contributed by atoms with Crippen LogP contribution in [0.5, 0.6) is 5.88 Å². The lowest BCUT2D eigenvalue weighted by Gasteiger charge is -2.02. The predicted octanol–water partition coefficient (Wildman–Crippen LogP) is 1.92. The summed E-state index contributed by atoms with van der Waals surface area (Å²) in [6.07, 6.45) is 1.62. The second-order valence-corrected chi connectivity index (χ2v) is 4.17. The Hall–Kier alpha value is -2.89. The zero-order valence-electron chi connectivity index (χ0n) is 10.9. The van der Waals surface area contributed by atoms with Crippen LogP contribution in [0.15, 0.2) is 48.8 Å². The monoisotopic (exact) mass is 267 g/mol. The molecule has 0 radical (unpaired) electrons. The molecular formula is C14H13N5O. The lowest BCUT2D eigenvalue weighted by Crippen LogP contribution is -1.99. The van der Waals surface area contributed by atoms with E-state index in [-0.39, 0.29) is 0 Å². The van der Waals surface area contributed by atoms with Crippen molar-refractivity contribution in [3.63, 3.8) is 0 Å². The Morgan fingerprint density at radius 1 is 1.10 bits per heavy atom.